The Bertz CT molecular complexity index is 1070. The number of para-hydroxylation sites is 1. The Labute approximate surface area is 269 Å². The first kappa shape index (κ1) is 40.6. The molecule has 40 heavy (non-hydrogen) atoms. The molecule has 2 aromatic carbocycles. The molecule has 0 saturated heterocycles. The maximum atomic E-state index is 5.55. The predicted octanol–water partition coefficient (Wildman–Crippen LogP) is 11.4. The topological polar surface area (TPSA) is 27.0 Å². The van der Waals surface area contributed by atoms with E-state index in [1.807, 2.05) is 0 Å². The first-order valence-corrected chi connectivity index (χ1v) is 16.1. The number of pyridine rings is 1. The van der Waals surface area contributed by atoms with E-state index >= 15 is 0 Å². The van der Waals surface area contributed by atoms with Gasteiger partial charge in [0.1, 0.15) is 8.07 Å². The van der Waals surface area contributed by atoms with Gasteiger partial charge in [-0.25, -0.2) is 0 Å². The summed E-state index contributed by atoms with van der Waals surface area (Å²) in [4.78, 5) is 5.50. The maximum Gasteiger partial charge on any atom is 4.00 e. The van der Waals surface area contributed by atoms with Crippen LogP contribution in [-0.2, 0) is 25.8 Å². The molecule has 1 atom stereocenters. The van der Waals surface area contributed by atoms with Crippen LogP contribution in [0.1, 0.15) is 109 Å². The zero-order valence-corrected chi connectivity index (χ0v) is 32.3. The maximum absolute atomic E-state index is 5.55. The van der Waals surface area contributed by atoms with Gasteiger partial charge in [0.2, 0.25) is 0 Å². The monoisotopic (exact) mass is 724 g/mol. The summed E-state index contributed by atoms with van der Waals surface area (Å²) in [5.74, 6) is 0.807. The van der Waals surface area contributed by atoms with E-state index in [0.29, 0.717) is 28.5 Å². The van der Waals surface area contributed by atoms with E-state index in [-0.39, 0.29) is 54.2 Å². The molecule has 0 fully saturated rings. The minimum absolute atomic E-state index is 0. The molecule has 0 aliphatic heterocycles. The first-order chi connectivity index (χ1) is 17.0. The van der Waals surface area contributed by atoms with Gasteiger partial charge in [0.25, 0.3) is 0 Å². The van der Waals surface area contributed by atoms with Crippen molar-refractivity contribution in [3.8, 4) is 0 Å². The molecule has 218 valence electrons. The van der Waals surface area contributed by atoms with Gasteiger partial charge in [0, 0.05) is 11.0 Å². The summed E-state index contributed by atoms with van der Waals surface area (Å²) < 4.78 is 0. The van der Waals surface area contributed by atoms with Crippen LogP contribution in [0.2, 0.25) is 16.6 Å². The van der Waals surface area contributed by atoms with Crippen LogP contribution in [0.15, 0.2) is 66.7 Å². The molecule has 4 heteroatoms. The average Bonchev–Trinajstić information content (AvgIpc) is 2.82. The Morgan fingerprint density at radius 2 is 1.02 bits per heavy atom. The third-order valence-corrected chi connectivity index (χ3v) is 15.0. The zero-order valence-electron chi connectivity index (χ0n) is 27.7. The molecule has 3 rings (SSSR count). The molecule has 0 saturated carbocycles. The third kappa shape index (κ3) is 8.28. The van der Waals surface area contributed by atoms with Gasteiger partial charge in [-0.15, -0.1) is 5.69 Å². The fraction of sp³-hybridized carbons (Fsp3) is 0.444. The molecule has 1 aromatic heterocycles. The zero-order chi connectivity index (χ0) is 26.6. The quantitative estimate of drug-likeness (QED) is 0.151. The molecule has 0 aliphatic carbocycles. The van der Waals surface area contributed by atoms with Gasteiger partial charge in [-0.3, -0.25) is 4.98 Å². The summed E-state index contributed by atoms with van der Waals surface area (Å²) in [6, 6.07) is 24.0. The molecule has 0 amide bonds. The molecule has 1 heterocycles. The van der Waals surface area contributed by atoms with Gasteiger partial charge in [-0.05, 0) is 46.6 Å². The van der Waals surface area contributed by atoms with Crippen molar-refractivity contribution < 1.29 is 25.8 Å². The normalized spacial score (nSPS) is 12.0. The Morgan fingerprint density at radius 1 is 0.575 bits per heavy atom. The Hall–Kier alpha value is -1.52. The van der Waals surface area contributed by atoms with E-state index in [9.17, 15) is 0 Å². The van der Waals surface area contributed by atoms with E-state index in [0.717, 1.165) is 11.4 Å². The summed E-state index contributed by atoms with van der Waals surface area (Å²) in [7, 11) is -1.88. The summed E-state index contributed by atoms with van der Waals surface area (Å²) in [6.07, 6.45) is 0. The van der Waals surface area contributed by atoms with E-state index < -0.39 is 8.07 Å². The molecular weight excluding hydrogens is 667 g/mol. The van der Waals surface area contributed by atoms with Gasteiger partial charge in [0.05, 0.1) is 0 Å². The fourth-order valence-corrected chi connectivity index (χ4v) is 13.0. The van der Waals surface area contributed by atoms with Crippen molar-refractivity contribution >= 4 is 19.1 Å². The van der Waals surface area contributed by atoms with E-state index in [4.69, 9.17) is 10.3 Å². The minimum Gasteiger partial charge on any atom is -0.673 e. The van der Waals surface area contributed by atoms with E-state index in [2.05, 4.69) is 136 Å². The van der Waals surface area contributed by atoms with Crippen molar-refractivity contribution in [2.45, 2.75) is 104 Å². The van der Waals surface area contributed by atoms with Gasteiger partial charge in [-0.2, -0.15) is 0 Å². The van der Waals surface area contributed by atoms with Gasteiger partial charge >= 0.3 is 25.8 Å². The second-order valence-corrected chi connectivity index (χ2v) is 17.7. The molecule has 0 aliphatic rings. The molecule has 3 aromatic rings. The average molecular weight is 723 g/mol. The van der Waals surface area contributed by atoms with Crippen LogP contribution in [0.4, 0.5) is 5.69 Å². The molecular formula is C36H56HfN2Si. The van der Waals surface area contributed by atoms with Crippen LogP contribution in [0.5, 0.6) is 0 Å². The second-order valence-electron chi connectivity index (χ2n) is 11.9. The van der Waals surface area contributed by atoms with Crippen LogP contribution >= 0.6 is 0 Å². The number of nitrogens with zero attached hydrogens (tertiary/aromatic N) is 2. The van der Waals surface area contributed by atoms with Crippen molar-refractivity contribution in [1.29, 1.82) is 0 Å². The third-order valence-electron chi connectivity index (χ3n) is 8.08. The van der Waals surface area contributed by atoms with Crippen molar-refractivity contribution in [2.24, 2.45) is 0 Å². The fourth-order valence-electron chi connectivity index (χ4n) is 6.47. The molecule has 0 radical (unpaired) electrons. The number of rotatable bonds is 10. The minimum atomic E-state index is -1.88. The van der Waals surface area contributed by atoms with Crippen molar-refractivity contribution in [2.75, 3.05) is 0 Å². The Balaban J connectivity index is 0. The largest absolute Gasteiger partial charge is 4.00 e. The van der Waals surface area contributed by atoms with Crippen LogP contribution in [-0.4, -0.2) is 13.1 Å². The predicted molar refractivity (Wildman–Crippen MR) is 180 cm³/mol. The number of aromatic nitrogens is 1. The van der Waals surface area contributed by atoms with Crippen molar-refractivity contribution in [3.05, 3.63) is 117 Å². The van der Waals surface area contributed by atoms with Gasteiger partial charge < -0.3 is 27.6 Å². The smallest absolute Gasteiger partial charge is 0.673 e. The van der Waals surface area contributed by atoms with Gasteiger partial charge in [-0.1, -0.05) is 141 Å². The second kappa shape index (κ2) is 17.4. The summed E-state index contributed by atoms with van der Waals surface area (Å²) in [5, 5.41) is 6.88. The van der Waals surface area contributed by atoms with Crippen LogP contribution < -0.4 is 5.32 Å². The Kier molecular flexibility index (Phi) is 17.7. The van der Waals surface area contributed by atoms with E-state index in [1.54, 1.807) is 0 Å². The number of benzene rings is 2. The standard InChI is InChI=1S/C33H47N2Si.3CH3.Hf/c1-22(2)28-18-14-19-29(23(3)4)33(28)35-32(27-16-12-11-13-17-27)30-20-15-21-31(34-30)36(24(5)6,25(7)8)26(9)10;;;;/h11-26,32H,1-10H3;3*1H3;/q4*-1;+4. The SMILES string of the molecule is CC(C)c1cccc(C(C)C)c1[N-]C(c1ccccc1)c1cccc([Si](C(C)C)(C(C)C)C(C)C)n1.[CH3-].[CH3-].[CH3-].[Hf+4]. The molecule has 1 unspecified atom stereocenters. The van der Waals surface area contributed by atoms with Crippen molar-refractivity contribution in [1.82, 2.24) is 4.98 Å². The van der Waals surface area contributed by atoms with E-state index in [1.165, 1.54) is 22.0 Å². The molecule has 2 nitrogen and oxygen atoms in total. The number of hydrogen-bond donors (Lipinski definition) is 0. The first-order valence-electron chi connectivity index (χ1n) is 13.9. The molecule has 0 bridgehead atoms. The van der Waals surface area contributed by atoms with Crippen molar-refractivity contribution in [3.63, 3.8) is 0 Å². The number of hydrogen-bond acceptors (Lipinski definition) is 1. The Morgan fingerprint density at radius 3 is 1.45 bits per heavy atom. The van der Waals surface area contributed by atoms with Gasteiger partial charge in [0.15, 0.2) is 0 Å². The van der Waals surface area contributed by atoms with Crippen LogP contribution in [0.25, 0.3) is 5.32 Å². The van der Waals surface area contributed by atoms with Crippen LogP contribution in [0.3, 0.4) is 0 Å². The summed E-state index contributed by atoms with van der Waals surface area (Å²) >= 11 is 0. The molecule has 0 spiro atoms. The summed E-state index contributed by atoms with van der Waals surface area (Å²) in [5.41, 5.74) is 7.86. The molecule has 0 N–H and O–H groups in total. The van der Waals surface area contributed by atoms with Crippen LogP contribution in [0, 0.1) is 22.3 Å². The summed E-state index contributed by atoms with van der Waals surface area (Å²) in [6.45, 7) is 23.5.